The second-order valence-corrected chi connectivity index (χ2v) is 4.93. The molecule has 0 bridgehead atoms. The zero-order valence-electron chi connectivity index (χ0n) is 10.8. The zero-order valence-corrected chi connectivity index (χ0v) is 11.6. The van der Waals surface area contributed by atoms with Crippen LogP contribution in [-0.4, -0.2) is 11.6 Å². The molecule has 0 saturated heterocycles. The van der Waals surface area contributed by atoms with Gasteiger partial charge in [-0.1, -0.05) is 23.7 Å². The Balaban J connectivity index is 2.43. The van der Waals surface area contributed by atoms with Gasteiger partial charge in [0.25, 0.3) is 0 Å². The molecule has 2 rings (SSSR count). The summed E-state index contributed by atoms with van der Waals surface area (Å²) in [5, 5.41) is 1.78. The lowest BCUT2D eigenvalue weighted by molar-refractivity contribution is 0.366. The summed E-state index contributed by atoms with van der Waals surface area (Å²) in [5.74, 6) is 0.857. The Bertz CT molecular complexity index is 601. The van der Waals surface area contributed by atoms with Crippen LogP contribution in [0.1, 0.15) is 18.2 Å². The Morgan fingerprint density at radius 1 is 1.39 bits per heavy atom. The van der Waals surface area contributed by atoms with Gasteiger partial charge in [0.05, 0.1) is 5.52 Å². The van der Waals surface area contributed by atoms with E-state index in [1.807, 2.05) is 38.1 Å². The minimum atomic E-state index is 0.474. The van der Waals surface area contributed by atoms with E-state index in [1.54, 1.807) is 0 Å². The van der Waals surface area contributed by atoms with Gasteiger partial charge in [-0.15, -0.1) is 0 Å². The van der Waals surface area contributed by atoms with Crippen molar-refractivity contribution < 1.29 is 4.74 Å². The fraction of sp³-hybridized carbons (Fsp3) is 0.267. The van der Waals surface area contributed by atoms with Gasteiger partial charge in [-0.05, 0) is 38.5 Å². The molecular weight excluding hydrogens is 246 g/mol. The predicted octanol–water partition coefficient (Wildman–Crippen LogP) is 4.37. The van der Waals surface area contributed by atoms with Crippen molar-refractivity contribution in [3.8, 4) is 5.75 Å². The molecule has 3 heteroatoms. The van der Waals surface area contributed by atoms with Crippen LogP contribution in [0.4, 0.5) is 0 Å². The van der Waals surface area contributed by atoms with E-state index in [-0.39, 0.29) is 0 Å². The molecule has 94 valence electrons. The van der Waals surface area contributed by atoms with Crippen molar-refractivity contribution in [1.29, 1.82) is 0 Å². The highest BCUT2D eigenvalue weighted by atomic mass is 35.5. The molecule has 0 saturated carbocycles. The smallest absolute Gasteiger partial charge is 0.130 e. The Morgan fingerprint density at radius 2 is 2.17 bits per heavy atom. The van der Waals surface area contributed by atoms with E-state index in [0.29, 0.717) is 6.61 Å². The summed E-state index contributed by atoms with van der Waals surface area (Å²) in [4.78, 5) is 4.56. The number of hydrogen-bond acceptors (Lipinski definition) is 2. The molecule has 0 aliphatic heterocycles. The minimum absolute atomic E-state index is 0.474. The molecule has 0 amide bonds. The van der Waals surface area contributed by atoms with Gasteiger partial charge in [-0.3, -0.25) is 4.98 Å². The minimum Gasteiger partial charge on any atom is -0.489 e. The first-order valence-corrected chi connectivity index (χ1v) is 6.28. The number of fused-ring (bicyclic) bond motifs is 1. The van der Waals surface area contributed by atoms with Crippen LogP contribution in [0.15, 0.2) is 35.4 Å². The first kappa shape index (κ1) is 12.9. The molecule has 18 heavy (non-hydrogen) atoms. The quantitative estimate of drug-likeness (QED) is 0.818. The van der Waals surface area contributed by atoms with Gasteiger partial charge in [0.1, 0.15) is 12.4 Å². The number of pyridine rings is 1. The molecule has 1 aromatic carbocycles. The molecular formula is C15H16ClNO. The van der Waals surface area contributed by atoms with Crippen LogP contribution < -0.4 is 4.74 Å². The third kappa shape index (κ3) is 2.82. The van der Waals surface area contributed by atoms with E-state index in [4.69, 9.17) is 16.3 Å². The van der Waals surface area contributed by atoms with Crippen LogP contribution in [0.3, 0.4) is 0 Å². The van der Waals surface area contributed by atoms with Gasteiger partial charge in [0, 0.05) is 22.2 Å². The first-order chi connectivity index (χ1) is 8.58. The van der Waals surface area contributed by atoms with Crippen molar-refractivity contribution in [1.82, 2.24) is 4.98 Å². The summed E-state index contributed by atoms with van der Waals surface area (Å²) in [7, 11) is 0. The SMILES string of the molecule is C/C(Cl)=C\COc1cc(C)nc2c(C)cccc12. The maximum absolute atomic E-state index is 5.79. The fourth-order valence-electron chi connectivity index (χ4n) is 1.85. The van der Waals surface area contributed by atoms with Gasteiger partial charge in [0.2, 0.25) is 0 Å². The summed E-state index contributed by atoms with van der Waals surface area (Å²) >= 11 is 5.79. The van der Waals surface area contributed by atoms with E-state index >= 15 is 0 Å². The van der Waals surface area contributed by atoms with Gasteiger partial charge in [-0.25, -0.2) is 0 Å². The second-order valence-electron chi connectivity index (χ2n) is 4.33. The number of aromatic nitrogens is 1. The van der Waals surface area contributed by atoms with Crippen molar-refractivity contribution in [2.75, 3.05) is 6.61 Å². The van der Waals surface area contributed by atoms with Crippen LogP contribution >= 0.6 is 11.6 Å². The second kappa shape index (κ2) is 5.40. The summed E-state index contributed by atoms with van der Waals surface area (Å²) in [6.45, 7) is 6.34. The number of ether oxygens (including phenoxy) is 1. The Morgan fingerprint density at radius 3 is 2.89 bits per heavy atom. The summed E-state index contributed by atoms with van der Waals surface area (Å²) in [6.07, 6.45) is 1.85. The Labute approximate surface area is 112 Å². The van der Waals surface area contributed by atoms with Crippen LogP contribution in [0.2, 0.25) is 0 Å². The standard InChI is InChI=1S/C15H16ClNO/c1-10-5-4-6-13-14(18-8-7-11(2)16)9-12(3)17-15(10)13/h4-7,9H,8H2,1-3H3/b11-7+. The molecule has 0 aliphatic rings. The zero-order chi connectivity index (χ0) is 13.1. The molecule has 2 aromatic rings. The number of aryl methyl sites for hydroxylation is 2. The van der Waals surface area contributed by atoms with Crippen LogP contribution in [0.5, 0.6) is 5.75 Å². The van der Waals surface area contributed by atoms with Gasteiger partial charge in [0.15, 0.2) is 0 Å². The van der Waals surface area contributed by atoms with Crippen LogP contribution in [0, 0.1) is 13.8 Å². The summed E-state index contributed by atoms with van der Waals surface area (Å²) in [5.41, 5.74) is 3.11. The number of halogens is 1. The first-order valence-electron chi connectivity index (χ1n) is 5.90. The van der Waals surface area contributed by atoms with Gasteiger partial charge < -0.3 is 4.74 Å². The van der Waals surface area contributed by atoms with E-state index < -0.39 is 0 Å². The molecule has 0 unspecified atom stereocenters. The molecule has 0 N–H and O–H groups in total. The molecule has 1 heterocycles. The number of nitrogens with zero attached hydrogens (tertiary/aromatic N) is 1. The number of benzene rings is 1. The van der Waals surface area contributed by atoms with Gasteiger partial charge in [-0.2, -0.15) is 0 Å². The maximum atomic E-state index is 5.79. The number of hydrogen-bond donors (Lipinski definition) is 0. The summed E-state index contributed by atoms with van der Waals surface area (Å²) < 4.78 is 5.77. The van der Waals surface area contributed by atoms with Crippen molar-refractivity contribution in [3.05, 3.63) is 46.6 Å². The van der Waals surface area contributed by atoms with Crippen molar-refractivity contribution in [3.63, 3.8) is 0 Å². The summed E-state index contributed by atoms with van der Waals surface area (Å²) in [6, 6.07) is 8.06. The molecule has 1 aromatic heterocycles. The highest BCUT2D eigenvalue weighted by Crippen LogP contribution is 2.27. The average Bonchev–Trinajstić information content (AvgIpc) is 2.30. The maximum Gasteiger partial charge on any atom is 0.130 e. The lowest BCUT2D eigenvalue weighted by Crippen LogP contribution is -1.97. The highest BCUT2D eigenvalue weighted by Gasteiger charge is 2.06. The molecule has 0 aliphatic carbocycles. The van der Waals surface area contributed by atoms with Crippen LogP contribution in [-0.2, 0) is 0 Å². The molecule has 0 fully saturated rings. The largest absolute Gasteiger partial charge is 0.489 e. The average molecular weight is 262 g/mol. The third-order valence-electron chi connectivity index (χ3n) is 2.73. The van der Waals surface area contributed by atoms with E-state index in [9.17, 15) is 0 Å². The van der Waals surface area contributed by atoms with Gasteiger partial charge >= 0.3 is 0 Å². The van der Waals surface area contributed by atoms with Crippen LogP contribution in [0.25, 0.3) is 10.9 Å². The van der Waals surface area contributed by atoms with Crippen molar-refractivity contribution in [2.45, 2.75) is 20.8 Å². The monoisotopic (exact) mass is 261 g/mol. The number of rotatable bonds is 3. The lowest BCUT2D eigenvalue weighted by atomic mass is 10.1. The predicted molar refractivity (Wildman–Crippen MR) is 76.3 cm³/mol. The molecule has 0 radical (unpaired) electrons. The Kier molecular flexibility index (Phi) is 3.87. The number of para-hydroxylation sites is 1. The number of allylic oxidation sites excluding steroid dienone is 1. The normalized spacial score (nSPS) is 11.9. The topological polar surface area (TPSA) is 22.1 Å². The van der Waals surface area contributed by atoms with Crippen molar-refractivity contribution >= 4 is 22.5 Å². The third-order valence-corrected chi connectivity index (χ3v) is 2.89. The Hall–Kier alpha value is -1.54. The molecule has 0 atom stereocenters. The highest BCUT2D eigenvalue weighted by molar-refractivity contribution is 6.29. The van der Waals surface area contributed by atoms with Crippen molar-refractivity contribution in [2.24, 2.45) is 0 Å². The van der Waals surface area contributed by atoms with E-state index in [2.05, 4.69) is 18.0 Å². The molecule has 0 spiro atoms. The van der Waals surface area contributed by atoms with E-state index in [0.717, 1.165) is 32.9 Å². The van der Waals surface area contributed by atoms with E-state index in [1.165, 1.54) is 0 Å². The fourth-order valence-corrected chi connectivity index (χ4v) is 1.91. The molecule has 2 nitrogen and oxygen atoms in total. The lowest BCUT2D eigenvalue weighted by Gasteiger charge is -2.10.